The van der Waals surface area contributed by atoms with Crippen LogP contribution in [0, 0.1) is 5.92 Å². The van der Waals surface area contributed by atoms with Crippen LogP contribution in [0.5, 0.6) is 11.5 Å². The van der Waals surface area contributed by atoms with Crippen molar-refractivity contribution in [3.05, 3.63) is 59.4 Å². The van der Waals surface area contributed by atoms with Crippen LogP contribution in [0.25, 0.3) is 0 Å². The molecule has 0 saturated heterocycles. The molecule has 3 N–H and O–H groups in total. The maximum absolute atomic E-state index is 12.5. The Hall–Kier alpha value is -3.04. The first kappa shape index (κ1) is 24.6. The Balaban J connectivity index is 1.56. The van der Waals surface area contributed by atoms with Gasteiger partial charge in [-0.2, -0.15) is 0 Å². The Labute approximate surface area is 201 Å². The van der Waals surface area contributed by atoms with E-state index < -0.39 is 0 Å². The zero-order chi connectivity index (χ0) is 23.8. The van der Waals surface area contributed by atoms with Crippen molar-refractivity contribution < 1.29 is 14.3 Å². The number of benzene rings is 2. The van der Waals surface area contributed by atoms with Crippen LogP contribution in [0.15, 0.2) is 53.7 Å². The van der Waals surface area contributed by atoms with Gasteiger partial charge >= 0.3 is 0 Å². The van der Waals surface area contributed by atoms with Gasteiger partial charge in [0.2, 0.25) is 11.8 Å². The topological polar surface area (TPSA) is 112 Å². The third kappa shape index (κ3) is 7.50. The number of ether oxygens (including phenoxy) is 1. The zero-order valence-electron chi connectivity index (χ0n) is 18.5. The number of nitrogens with two attached hydrogens (primary N) is 1. The number of nitrogens with one attached hydrogen (secondary N) is 1. The van der Waals surface area contributed by atoms with Crippen molar-refractivity contribution in [1.29, 1.82) is 0 Å². The summed E-state index contributed by atoms with van der Waals surface area (Å²) in [5, 5.41) is 12.4. The Kier molecular flexibility index (Phi) is 8.73. The first-order valence-electron chi connectivity index (χ1n) is 10.5. The highest BCUT2D eigenvalue weighted by Gasteiger charge is 2.16. The van der Waals surface area contributed by atoms with Crippen molar-refractivity contribution in [1.82, 2.24) is 14.8 Å². The molecule has 8 nitrogen and oxygen atoms in total. The fourth-order valence-electron chi connectivity index (χ4n) is 2.98. The van der Waals surface area contributed by atoms with E-state index in [9.17, 15) is 9.59 Å². The molecule has 10 heteroatoms. The molecule has 3 rings (SSSR count). The maximum Gasteiger partial charge on any atom is 0.234 e. The predicted octanol–water partition coefficient (Wildman–Crippen LogP) is 4.53. The number of hydrogen-bond donors (Lipinski definition) is 2. The van der Waals surface area contributed by atoms with Crippen molar-refractivity contribution in [2.75, 3.05) is 11.1 Å². The molecule has 2 amide bonds. The molecular weight excluding hydrogens is 462 g/mol. The van der Waals surface area contributed by atoms with Crippen molar-refractivity contribution in [3.63, 3.8) is 0 Å². The van der Waals surface area contributed by atoms with Crippen LogP contribution in [-0.4, -0.2) is 32.3 Å². The number of halogens is 1. The number of nitrogens with zero attached hydrogens (tertiary/aromatic N) is 3. The lowest BCUT2D eigenvalue weighted by atomic mass is 10.2. The van der Waals surface area contributed by atoms with Gasteiger partial charge in [-0.1, -0.05) is 49.3 Å². The Morgan fingerprint density at radius 1 is 1.15 bits per heavy atom. The molecule has 0 unspecified atom stereocenters. The number of thioether (sulfide) groups is 1. The molecule has 0 aliphatic rings. The lowest BCUT2D eigenvalue weighted by Crippen LogP contribution is -2.16. The SMILES string of the molecule is CC(C)Cn1c(CCC(N)=O)nnc1SCC(=O)Nc1ccc(Oc2ccccc2Cl)cc1. The second-order valence-electron chi connectivity index (χ2n) is 7.76. The van der Waals surface area contributed by atoms with Crippen LogP contribution in [0.1, 0.15) is 26.1 Å². The van der Waals surface area contributed by atoms with E-state index in [1.807, 2.05) is 16.7 Å². The number of carbonyl (C=O) groups is 2. The van der Waals surface area contributed by atoms with E-state index in [0.29, 0.717) is 52.1 Å². The number of rotatable bonds is 11. The van der Waals surface area contributed by atoms with Gasteiger partial charge in [0.05, 0.1) is 10.8 Å². The van der Waals surface area contributed by atoms with Gasteiger partial charge in [0.25, 0.3) is 0 Å². The first-order chi connectivity index (χ1) is 15.8. The van der Waals surface area contributed by atoms with Crippen LogP contribution in [0.2, 0.25) is 5.02 Å². The van der Waals surface area contributed by atoms with Crippen LogP contribution in [-0.2, 0) is 22.6 Å². The van der Waals surface area contributed by atoms with Gasteiger partial charge in [-0.05, 0) is 42.3 Å². The molecule has 2 aromatic carbocycles. The molecule has 0 radical (unpaired) electrons. The molecule has 0 saturated carbocycles. The average Bonchev–Trinajstić information content (AvgIpc) is 3.14. The highest BCUT2D eigenvalue weighted by Crippen LogP contribution is 2.29. The van der Waals surface area contributed by atoms with Crippen molar-refractivity contribution in [2.45, 2.75) is 38.4 Å². The summed E-state index contributed by atoms with van der Waals surface area (Å²) in [7, 11) is 0. The number of amides is 2. The highest BCUT2D eigenvalue weighted by molar-refractivity contribution is 7.99. The van der Waals surface area contributed by atoms with E-state index in [1.165, 1.54) is 11.8 Å². The van der Waals surface area contributed by atoms with E-state index in [-0.39, 0.29) is 24.0 Å². The number of primary amides is 1. The van der Waals surface area contributed by atoms with Crippen LogP contribution in [0.4, 0.5) is 5.69 Å². The van der Waals surface area contributed by atoms with Gasteiger partial charge in [0.1, 0.15) is 17.3 Å². The van der Waals surface area contributed by atoms with E-state index >= 15 is 0 Å². The molecule has 0 spiro atoms. The average molecular weight is 488 g/mol. The summed E-state index contributed by atoms with van der Waals surface area (Å²) in [6.07, 6.45) is 0.627. The Bertz CT molecular complexity index is 1100. The molecule has 33 heavy (non-hydrogen) atoms. The second kappa shape index (κ2) is 11.7. The van der Waals surface area contributed by atoms with Gasteiger partial charge in [-0.15, -0.1) is 10.2 Å². The van der Waals surface area contributed by atoms with Crippen LogP contribution < -0.4 is 15.8 Å². The first-order valence-corrected chi connectivity index (χ1v) is 11.8. The molecule has 0 aliphatic heterocycles. The zero-order valence-corrected chi connectivity index (χ0v) is 20.0. The molecule has 1 aromatic heterocycles. The van der Waals surface area contributed by atoms with Gasteiger partial charge in [-0.3, -0.25) is 9.59 Å². The molecule has 1 heterocycles. The summed E-state index contributed by atoms with van der Waals surface area (Å²) in [5.41, 5.74) is 5.91. The van der Waals surface area contributed by atoms with Crippen LogP contribution in [0.3, 0.4) is 0 Å². The maximum atomic E-state index is 12.5. The number of anilines is 1. The van der Waals surface area contributed by atoms with Gasteiger partial charge in [0, 0.05) is 25.1 Å². The van der Waals surface area contributed by atoms with Gasteiger partial charge in [-0.25, -0.2) is 0 Å². The molecule has 0 bridgehead atoms. The van der Waals surface area contributed by atoms with Gasteiger partial charge in [0.15, 0.2) is 5.16 Å². The standard InChI is InChI=1S/C23H26ClN5O3S/c1-15(2)13-29-21(12-11-20(25)30)27-28-23(29)33-14-22(31)26-16-7-9-17(10-8-16)32-19-6-4-3-5-18(19)24/h3-10,15H,11-14H2,1-2H3,(H2,25,30)(H,26,31). The lowest BCUT2D eigenvalue weighted by Gasteiger charge is -2.12. The fourth-order valence-corrected chi connectivity index (χ4v) is 3.92. The van der Waals surface area contributed by atoms with Crippen molar-refractivity contribution >= 4 is 40.9 Å². The number of aryl methyl sites for hydroxylation is 1. The normalized spacial score (nSPS) is 10.9. The van der Waals surface area contributed by atoms with Crippen LogP contribution >= 0.6 is 23.4 Å². The van der Waals surface area contributed by atoms with Crippen molar-refractivity contribution in [3.8, 4) is 11.5 Å². The third-order valence-corrected chi connectivity index (χ3v) is 5.75. The Morgan fingerprint density at radius 2 is 1.88 bits per heavy atom. The number of para-hydroxylation sites is 1. The van der Waals surface area contributed by atoms with E-state index in [0.717, 1.165) is 0 Å². The minimum atomic E-state index is -0.383. The Morgan fingerprint density at radius 3 is 2.55 bits per heavy atom. The summed E-state index contributed by atoms with van der Waals surface area (Å²) >= 11 is 7.41. The quantitative estimate of drug-likeness (QED) is 0.384. The summed E-state index contributed by atoms with van der Waals surface area (Å²) in [6.45, 7) is 4.86. The van der Waals surface area contributed by atoms with E-state index in [1.54, 1.807) is 36.4 Å². The smallest absolute Gasteiger partial charge is 0.234 e. The molecule has 174 valence electrons. The molecular formula is C23H26ClN5O3S. The highest BCUT2D eigenvalue weighted by atomic mass is 35.5. The number of aromatic nitrogens is 3. The summed E-state index contributed by atoms with van der Waals surface area (Å²) in [5.74, 6) is 1.84. The van der Waals surface area contributed by atoms with Crippen molar-refractivity contribution in [2.24, 2.45) is 11.7 Å². The second-order valence-corrected chi connectivity index (χ2v) is 9.11. The monoisotopic (exact) mass is 487 g/mol. The van der Waals surface area contributed by atoms with E-state index in [4.69, 9.17) is 22.1 Å². The minimum absolute atomic E-state index is 0.169. The van der Waals surface area contributed by atoms with Gasteiger partial charge < -0.3 is 20.4 Å². The minimum Gasteiger partial charge on any atom is -0.456 e. The third-order valence-electron chi connectivity index (χ3n) is 4.47. The molecule has 3 aromatic rings. The summed E-state index contributed by atoms with van der Waals surface area (Å²) in [4.78, 5) is 23.6. The fraction of sp³-hybridized carbons (Fsp3) is 0.304. The lowest BCUT2D eigenvalue weighted by molar-refractivity contribution is -0.118. The molecule has 0 atom stereocenters. The summed E-state index contributed by atoms with van der Waals surface area (Å²) < 4.78 is 7.71. The number of hydrogen-bond acceptors (Lipinski definition) is 6. The molecule has 0 aliphatic carbocycles. The van der Waals surface area contributed by atoms with E-state index in [2.05, 4.69) is 29.4 Å². The molecule has 0 fully saturated rings. The predicted molar refractivity (Wildman–Crippen MR) is 130 cm³/mol. The largest absolute Gasteiger partial charge is 0.456 e. The summed E-state index contributed by atoms with van der Waals surface area (Å²) in [6, 6.07) is 14.3. The number of carbonyl (C=O) groups excluding carboxylic acids is 2.